The highest BCUT2D eigenvalue weighted by Gasteiger charge is 2.27. The quantitative estimate of drug-likeness (QED) is 0.654. The van der Waals surface area contributed by atoms with Gasteiger partial charge in [0.25, 0.3) is 0 Å². The maximum atomic E-state index is 11.8. The molecule has 0 fully saturated rings. The van der Waals surface area contributed by atoms with E-state index < -0.39 is 5.51 Å². The van der Waals surface area contributed by atoms with Gasteiger partial charge in [0.2, 0.25) is 0 Å². The summed E-state index contributed by atoms with van der Waals surface area (Å²) >= 11 is -0.0995. The molecule has 0 aliphatic carbocycles. The van der Waals surface area contributed by atoms with Crippen molar-refractivity contribution in [1.29, 1.82) is 0 Å². The molecule has 6 heteroatoms. The molecule has 0 saturated carbocycles. The summed E-state index contributed by atoms with van der Waals surface area (Å²) in [5, 5.41) is 0. The normalized spacial score (nSPS) is 11.5. The standard InChI is InChI=1S/C11H14F3NOS/c1-2-8-3-4-10(9(15)7-8)16-5-6-17-11(12,13)14/h3-4,7H,2,5-6,15H2,1H3. The lowest BCUT2D eigenvalue weighted by Gasteiger charge is -2.10. The fourth-order valence-corrected chi connectivity index (χ4v) is 1.66. The summed E-state index contributed by atoms with van der Waals surface area (Å²) in [5.74, 6) is 0.295. The van der Waals surface area contributed by atoms with Crippen molar-refractivity contribution in [3.8, 4) is 5.75 Å². The molecule has 1 aromatic carbocycles. The van der Waals surface area contributed by atoms with Crippen LogP contribution in [0.5, 0.6) is 5.75 Å². The molecule has 0 atom stereocenters. The number of thioether (sulfide) groups is 1. The summed E-state index contributed by atoms with van der Waals surface area (Å²) in [6.07, 6.45) is 0.856. The van der Waals surface area contributed by atoms with Gasteiger partial charge in [0, 0.05) is 5.75 Å². The van der Waals surface area contributed by atoms with Gasteiger partial charge >= 0.3 is 5.51 Å². The van der Waals surface area contributed by atoms with Gasteiger partial charge in [0.15, 0.2) is 0 Å². The van der Waals surface area contributed by atoms with Gasteiger partial charge in [0.05, 0.1) is 12.3 Å². The maximum Gasteiger partial charge on any atom is 0.441 e. The smallest absolute Gasteiger partial charge is 0.441 e. The van der Waals surface area contributed by atoms with Crippen molar-refractivity contribution in [1.82, 2.24) is 0 Å². The van der Waals surface area contributed by atoms with Gasteiger partial charge in [-0.3, -0.25) is 0 Å². The van der Waals surface area contributed by atoms with Crippen LogP contribution in [0.25, 0.3) is 0 Å². The molecule has 0 spiro atoms. The third kappa shape index (κ3) is 5.21. The molecule has 0 aromatic heterocycles. The van der Waals surface area contributed by atoms with Crippen molar-refractivity contribution in [2.45, 2.75) is 18.9 Å². The molecule has 0 amide bonds. The Morgan fingerprint density at radius 3 is 2.59 bits per heavy atom. The molecule has 0 aliphatic heterocycles. The van der Waals surface area contributed by atoms with Crippen molar-refractivity contribution in [2.24, 2.45) is 0 Å². The van der Waals surface area contributed by atoms with Gasteiger partial charge in [-0.2, -0.15) is 13.2 Å². The second kappa shape index (κ2) is 6.05. The fourth-order valence-electron chi connectivity index (χ4n) is 1.26. The minimum atomic E-state index is -4.21. The molecule has 0 saturated heterocycles. The van der Waals surface area contributed by atoms with Crippen LogP contribution >= 0.6 is 11.8 Å². The Balaban J connectivity index is 2.42. The number of anilines is 1. The third-order valence-corrected chi connectivity index (χ3v) is 2.79. The zero-order valence-electron chi connectivity index (χ0n) is 9.38. The van der Waals surface area contributed by atoms with E-state index in [1.54, 1.807) is 12.1 Å². The van der Waals surface area contributed by atoms with Crippen LogP contribution in [0.3, 0.4) is 0 Å². The molecular weight excluding hydrogens is 251 g/mol. The highest BCUT2D eigenvalue weighted by molar-refractivity contribution is 8.00. The van der Waals surface area contributed by atoms with Crippen molar-refractivity contribution in [3.05, 3.63) is 23.8 Å². The Morgan fingerprint density at radius 1 is 1.35 bits per heavy atom. The number of hydrogen-bond acceptors (Lipinski definition) is 3. The first-order valence-electron chi connectivity index (χ1n) is 5.14. The Bertz CT molecular complexity index is 368. The van der Waals surface area contributed by atoms with E-state index in [0.717, 1.165) is 12.0 Å². The molecule has 17 heavy (non-hydrogen) atoms. The number of nitrogens with two attached hydrogens (primary N) is 1. The lowest BCUT2D eigenvalue weighted by atomic mass is 10.1. The first kappa shape index (κ1) is 14.0. The van der Waals surface area contributed by atoms with Crippen molar-refractivity contribution in [2.75, 3.05) is 18.1 Å². The summed E-state index contributed by atoms with van der Waals surface area (Å²) in [7, 11) is 0. The average molecular weight is 265 g/mol. The van der Waals surface area contributed by atoms with Crippen LogP contribution in [0.15, 0.2) is 18.2 Å². The van der Waals surface area contributed by atoms with Crippen molar-refractivity contribution >= 4 is 17.4 Å². The van der Waals surface area contributed by atoms with Crippen LogP contribution in [-0.4, -0.2) is 17.9 Å². The highest BCUT2D eigenvalue weighted by atomic mass is 32.2. The van der Waals surface area contributed by atoms with Gasteiger partial charge < -0.3 is 10.5 Å². The van der Waals surface area contributed by atoms with E-state index in [1.807, 2.05) is 13.0 Å². The number of aryl methyl sites for hydroxylation is 1. The second-order valence-electron chi connectivity index (χ2n) is 3.37. The van der Waals surface area contributed by atoms with Gasteiger partial charge in [-0.15, -0.1) is 0 Å². The minimum Gasteiger partial charge on any atom is -0.491 e. The molecule has 0 heterocycles. The summed E-state index contributed by atoms with van der Waals surface area (Å²) in [6.45, 7) is 1.98. The molecule has 2 N–H and O–H groups in total. The average Bonchev–Trinajstić information content (AvgIpc) is 2.24. The molecule has 0 unspecified atom stereocenters. The highest BCUT2D eigenvalue weighted by Crippen LogP contribution is 2.30. The van der Waals surface area contributed by atoms with Crippen LogP contribution in [0.2, 0.25) is 0 Å². The molecule has 0 bridgehead atoms. The summed E-state index contributed by atoms with van der Waals surface area (Å²) in [6, 6.07) is 5.31. The Hall–Kier alpha value is -1.04. The minimum absolute atomic E-state index is 0.0140. The first-order chi connectivity index (χ1) is 7.92. The van der Waals surface area contributed by atoms with Crippen molar-refractivity contribution in [3.63, 3.8) is 0 Å². The lowest BCUT2D eigenvalue weighted by Crippen LogP contribution is -2.08. The van der Waals surface area contributed by atoms with E-state index in [2.05, 4.69) is 0 Å². The van der Waals surface area contributed by atoms with E-state index in [1.165, 1.54) is 0 Å². The monoisotopic (exact) mass is 265 g/mol. The number of rotatable bonds is 5. The molecule has 1 rings (SSSR count). The number of nitrogen functional groups attached to an aromatic ring is 1. The van der Waals surface area contributed by atoms with Gasteiger partial charge in [-0.05, 0) is 35.9 Å². The van der Waals surface area contributed by atoms with Gasteiger partial charge in [-0.25, -0.2) is 0 Å². The zero-order chi connectivity index (χ0) is 12.9. The zero-order valence-corrected chi connectivity index (χ0v) is 10.2. The predicted octanol–water partition coefficient (Wildman–Crippen LogP) is 3.46. The Labute approximate surface area is 102 Å². The summed E-state index contributed by atoms with van der Waals surface area (Å²) in [4.78, 5) is 0. The number of halogens is 3. The molecule has 1 aromatic rings. The summed E-state index contributed by atoms with van der Waals surface area (Å²) in [5.41, 5.74) is 3.03. The fraction of sp³-hybridized carbons (Fsp3) is 0.455. The van der Waals surface area contributed by atoms with Crippen molar-refractivity contribution < 1.29 is 17.9 Å². The number of alkyl halides is 3. The molecule has 96 valence electrons. The van der Waals surface area contributed by atoms with Crippen LogP contribution in [0.1, 0.15) is 12.5 Å². The van der Waals surface area contributed by atoms with E-state index in [9.17, 15) is 13.2 Å². The van der Waals surface area contributed by atoms with E-state index in [0.29, 0.717) is 11.4 Å². The van der Waals surface area contributed by atoms with Crippen LogP contribution in [0, 0.1) is 0 Å². The predicted molar refractivity (Wildman–Crippen MR) is 64.2 cm³/mol. The van der Waals surface area contributed by atoms with Gasteiger partial charge in [-0.1, -0.05) is 13.0 Å². The number of benzene rings is 1. The molecule has 0 radical (unpaired) electrons. The van der Waals surface area contributed by atoms with E-state index in [4.69, 9.17) is 10.5 Å². The Morgan fingerprint density at radius 2 is 2.06 bits per heavy atom. The SMILES string of the molecule is CCc1ccc(OCCSC(F)(F)F)c(N)c1. The van der Waals surface area contributed by atoms with Crippen LogP contribution in [-0.2, 0) is 6.42 Å². The Kier molecular flexibility index (Phi) is 4.99. The molecule has 0 aliphatic rings. The van der Waals surface area contributed by atoms with E-state index >= 15 is 0 Å². The number of ether oxygens (including phenoxy) is 1. The maximum absolute atomic E-state index is 11.8. The molecule has 2 nitrogen and oxygen atoms in total. The second-order valence-corrected chi connectivity index (χ2v) is 4.53. The lowest BCUT2D eigenvalue weighted by molar-refractivity contribution is -0.0329. The van der Waals surface area contributed by atoms with Gasteiger partial charge in [0.1, 0.15) is 5.75 Å². The number of hydrogen-bond donors (Lipinski definition) is 1. The van der Waals surface area contributed by atoms with Crippen LogP contribution in [0.4, 0.5) is 18.9 Å². The van der Waals surface area contributed by atoms with E-state index in [-0.39, 0.29) is 24.1 Å². The molecular formula is C11H14F3NOS. The summed E-state index contributed by atoms with van der Waals surface area (Å²) < 4.78 is 40.7. The first-order valence-corrected chi connectivity index (χ1v) is 6.13. The topological polar surface area (TPSA) is 35.2 Å². The largest absolute Gasteiger partial charge is 0.491 e. The van der Waals surface area contributed by atoms with Crippen LogP contribution < -0.4 is 10.5 Å². The third-order valence-electron chi connectivity index (χ3n) is 2.09.